The van der Waals surface area contributed by atoms with E-state index in [2.05, 4.69) is 17.3 Å². The molecule has 1 unspecified atom stereocenters. The minimum atomic E-state index is -1.58. The number of benzene rings is 1. The minimum Gasteiger partial charge on any atom is -0.169 e. The van der Waals surface area contributed by atoms with Crippen molar-refractivity contribution in [1.29, 1.82) is 0 Å². The van der Waals surface area contributed by atoms with Crippen molar-refractivity contribution in [3.63, 3.8) is 0 Å². The standard InChI is InChI=1S/C6H6NOPS/c8-9(10)7-6-4-2-1-3-5-6/h1-5H,(H-,7,8,10)/p+1. The van der Waals surface area contributed by atoms with Gasteiger partial charge in [-0.1, -0.05) is 18.2 Å². The second-order valence-electron chi connectivity index (χ2n) is 1.75. The molecule has 0 saturated heterocycles. The number of hydrogen-bond donors (Lipinski definition) is 2. The predicted octanol–water partition coefficient (Wildman–Crippen LogP) is 2.69. The summed E-state index contributed by atoms with van der Waals surface area (Å²) in [6.45, 7) is 0. The first-order valence-electron chi connectivity index (χ1n) is 2.77. The summed E-state index contributed by atoms with van der Waals surface area (Å²) in [7, 11) is -1.58. The fourth-order valence-electron chi connectivity index (χ4n) is 0.623. The van der Waals surface area contributed by atoms with Gasteiger partial charge >= 0.3 is 7.15 Å². The zero-order valence-corrected chi connectivity index (χ0v) is 6.98. The van der Waals surface area contributed by atoms with E-state index < -0.39 is 7.15 Å². The van der Waals surface area contributed by atoms with Crippen molar-refractivity contribution in [3.05, 3.63) is 30.3 Å². The molecule has 0 spiro atoms. The molecule has 10 heavy (non-hydrogen) atoms. The van der Waals surface area contributed by atoms with Gasteiger partial charge in [0.05, 0.1) is 5.69 Å². The summed E-state index contributed by atoms with van der Waals surface area (Å²) in [5, 5.41) is 2.68. The zero-order valence-electron chi connectivity index (χ0n) is 5.19. The quantitative estimate of drug-likeness (QED) is 0.530. The summed E-state index contributed by atoms with van der Waals surface area (Å²) in [5.41, 5.74) is 0.832. The SMILES string of the molecule is O=[P+](S)Nc1ccccc1. The molecule has 0 aliphatic heterocycles. The summed E-state index contributed by atoms with van der Waals surface area (Å²) in [4.78, 5) is 0. The molecule has 1 rings (SSSR count). The van der Waals surface area contributed by atoms with Gasteiger partial charge in [-0.3, -0.25) is 0 Å². The van der Waals surface area contributed by atoms with Crippen molar-refractivity contribution in [2.45, 2.75) is 0 Å². The molecule has 1 aromatic rings. The van der Waals surface area contributed by atoms with Gasteiger partial charge in [-0.25, -0.2) is 0 Å². The highest BCUT2D eigenvalue weighted by Crippen LogP contribution is 2.26. The molecule has 0 bridgehead atoms. The summed E-state index contributed by atoms with van der Waals surface area (Å²) < 4.78 is 10.5. The zero-order chi connectivity index (χ0) is 7.40. The highest BCUT2D eigenvalue weighted by Gasteiger charge is 2.05. The number of rotatable bonds is 2. The molecular weight excluding hydrogens is 165 g/mol. The van der Waals surface area contributed by atoms with Gasteiger partial charge in [-0.2, -0.15) is 5.09 Å². The molecule has 0 aromatic heterocycles. The third-order valence-corrected chi connectivity index (χ3v) is 1.75. The molecule has 1 aromatic carbocycles. The first-order valence-corrected chi connectivity index (χ1v) is 5.18. The molecule has 2 nitrogen and oxygen atoms in total. The average molecular weight is 172 g/mol. The van der Waals surface area contributed by atoms with Crippen LogP contribution in [0.1, 0.15) is 0 Å². The molecular formula is C6H7NOPS+. The van der Waals surface area contributed by atoms with Crippen molar-refractivity contribution < 1.29 is 4.57 Å². The van der Waals surface area contributed by atoms with Crippen molar-refractivity contribution in [1.82, 2.24) is 0 Å². The number of para-hydroxylation sites is 1. The molecule has 52 valence electrons. The Morgan fingerprint density at radius 1 is 1.30 bits per heavy atom. The van der Waals surface area contributed by atoms with Crippen LogP contribution in [0.5, 0.6) is 0 Å². The maximum Gasteiger partial charge on any atom is 0.532 e. The van der Waals surface area contributed by atoms with Crippen LogP contribution >= 0.6 is 19.4 Å². The van der Waals surface area contributed by atoms with Crippen LogP contribution in [-0.2, 0) is 4.57 Å². The monoisotopic (exact) mass is 172 g/mol. The Balaban J connectivity index is 2.67. The van der Waals surface area contributed by atoms with E-state index >= 15 is 0 Å². The van der Waals surface area contributed by atoms with E-state index in [0.29, 0.717) is 0 Å². The topological polar surface area (TPSA) is 29.1 Å². The van der Waals surface area contributed by atoms with Crippen LogP contribution < -0.4 is 5.09 Å². The molecule has 0 fully saturated rings. The van der Waals surface area contributed by atoms with Gasteiger partial charge in [0, 0.05) is 0 Å². The molecule has 0 heterocycles. The molecule has 0 aliphatic rings. The van der Waals surface area contributed by atoms with Gasteiger partial charge in [0.2, 0.25) is 0 Å². The van der Waals surface area contributed by atoms with Crippen molar-refractivity contribution >= 4 is 25.1 Å². The lowest BCUT2D eigenvalue weighted by atomic mass is 10.3. The van der Waals surface area contributed by atoms with Crippen LogP contribution in [0.15, 0.2) is 30.3 Å². The third kappa shape index (κ3) is 2.38. The van der Waals surface area contributed by atoms with Crippen LogP contribution in [0, 0.1) is 0 Å². The molecule has 4 heteroatoms. The number of nitrogens with one attached hydrogen (secondary N) is 1. The summed E-state index contributed by atoms with van der Waals surface area (Å²) in [5.74, 6) is 0. The lowest BCUT2D eigenvalue weighted by molar-refractivity contribution is 0.599. The highest BCUT2D eigenvalue weighted by atomic mass is 32.7. The van der Waals surface area contributed by atoms with Gasteiger partial charge in [-0.05, 0) is 16.7 Å². The van der Waals surface area contributed by atoms with Gasteiger partial charge < -0.3 is 0 Å². The summed E-state index contributed by atoms with van der Waals surface area (Å²) >= 11 is 3.71. The predicted molar refractivity (Wildman–Crippen MR) is 46.7 cm³/mol. The van der Waals surface area contributed by atoms with Crippen LogP contribution in [0.3, 0.4) is 0 Å². The van der Waals surface area contributed by atoms with E-state index in [0.717, 1.165) is 5.69 Å². The maximum atomic E-state index is 10.5. The Morgan fingerprint density at radius 3 is 2.40 bits per heavy atom. The minimum absolute atomic E-state index is 0.832. The van der Waals surface area contributed by atoms with Crippen molar-refractivity contribution in [3.8, 4) is 0 Å². The fraction of sp³-hybridized carbons (Fsp3) is 0. The van der Waals surface area contributed by atoms with E-state index in [-0.39, 0.29) is 0 Å². The second kappa shape index (κ2) is 3.59. The number of anilines is 1. The van der Waals surface area contributed by atoms with Crippen LogP contribution in [0.2, 0.25) is 0 Å². The number of thiol groups is 1. The van der Waals surface area contributed by atoms with E-state index in [4.69, 9.17) is 0 Å². The Labute approximate surface area is 65.6 Å². The normalized spacial score (nSPS) is 10.7. The Morgan fingerprint density at radius 2 is 1.90 bits per heavy atom. The summed E-state index contributed by atoms with van der Waals surface area (Å²) in [6.07, 6.45) is 0. The molecule has 1 N–H and O–H groups in total. The lowest BCUT2D eigenvalue weighted by Gasteiger charge is -1.89. The van der Waals surface area contributed by atoms with Crippen LogP contribution in [-0.4, -0.2) is 0 Å². The Kier molecular flexibility index (Phi) is 2.72. The van der Waals surface area contributed by atoms with E-state index in [1.807, 2.05) is 30.3 Å². The Bertz CT molecular complexity index is 226. The van der Waals surface area contributed by atoms with Crippen molar-refractivity contribution in [2.75, 3.05) is 5.09 Å². The van der Waals surface area contributed by atoms with Crippen LogP contribution in [0.25, 0.3) is 0 Å². The first kappa shape index (κ1) is 7.58. The van der Waals surface area contributed by atoms with Gasteiger partial charge in [-0.15, -0.1) is 0 Å². The maximum absolute atomic E-state index is 10.5. The van der Waals surface area contributed by atoms with E-state index in [9.17, 15) is 4.57 Å². The average Bonchev–Trinajstić information content (AvgIpc) is 1.88. The van der Waals surface area contributed by atoms with Gasteiger partial charge in [0.15, 0.2) is 0 Å². The molecule has 1 atom stereocenters. The van der Waals surface area contributed by atoms with Crippen molar-refractivity contribution in [2.24, 2.45) is 0 Å². The highest BCUT2D eigenvalue weighted by molar-refractivity contribution is 8.41. The lowest BCUT2D eigenvalue weighted by Crippen LogP contribution is -1.79. The fourth-order valence-corrected chi connectivity index (χ4v) is 1.34. The van der Waals surface area contributed by atoms with Gasteiger partial charge in [0.1, 0.15) is 12.2 Å². The van der Waals surface area contributed by atoms with E-state index in [1.54, 1.807) is 0 Å². The molecule has 0 aliphatic carbocycles. The first-order chi connectivity index (χ1) is 4.79. The number of hydrogen-bond acceptors (Lipinski definition) is 1. The largest absolute Gasteiger partial charge is 0.532 e. The summed E-state index contributed by atoms with van der Waals surface area (Å²) in [6, 6.07) is 9.31. The van der Waals surface area contributed by atoms with Crippen LogP contribution in [0.4, 0.5) is 5.69 Å². The second-order valence-corrected chi connectivity index (χ2v) is 3.61. The smallest absolute Gasteiger partial charge is 0.169 e. The molecule has 0 saturated carbocycles. The molecule has 0 radical (unpaired) electrons. The Hall–Kier alpha value is -0.530. The van der Waals surface area contributed by atoms with E-state index in [1.165, 1.54) is 0 Å². The third-order valence-electron chi connectivity index (χ3n) is 0.999. The molecule has 0 amide bonds. The van der Waals surface area contributed by atoms with Gasteiger partial charge in [0.25, 0.3) is 0 Å².